The van der Waals surface area contributed by atoms with Crippen molar-refractivity contribution in [3.8, 4) is 0 Å². The van der Waals surface area contributed by atoms with Crippen LogP contribution >= 0.6 is 0 Å². The molecule has 0 saturated heterocycles. The van der Waals surface area contributed by atoms with Gasteiger partial charge in [-0.25, -0.2) is 4.79 Å². The summed E-state index contributed by atoms with van der Waals surface area (Å²) in [6.07, 6.45) is 4.49. The Bertz CT molecular complexity index is 670. The Morgan fingerprint density at radius 3 is 2.57 bits per heavy atom. The van der Waals surface area contributed by atoms with Gasteiger partial charge in [-0.05, 0) is 48.4 Å². The van der Waals surface area contributed by atoms with E-state index in [0.717, 1.165) is 0 Å². The van der Waals surface area contributed by atoms with E-state index in [2.05, 4.69) is 5.32 Å². The number of amides is 1. The maximum absolute atomic E-state index is 11.8. The zero-order valence-electron chi connectivity index (χ0n) is 13.1. The summed E-state index contributed by atoms with van der Waals surface area (Å²) in [7, 11) is 0. The molecule has 0 aliphatic rings. The van der Waals surface area contributed by atoms with Crippen molar-refractivity contribution in [1.29, 1.82) is 0 Å². The van der Waals surface area contributed by atoms with Crippen molar-refractivity contribution in [3.63, 3.8) is 0 Å². The monoisotopic (exact) mass is 313 g/mol. The first-order chi connectivity index (χ1) is 11.0. The molecule has 0 aliphatic carbocycles. The van der Waals surface area contributed by atoms with Crippen molar-refractivity contribution >= 4 is 23.6 Å². The molecule has 0 bridgehead atoms. The van der Waals surface area contributed by atoms with Gasteiger partial charge in [0.25, 0.3) is 0 Å². The van der Waals surface area contributed by atoms with Crippen molar-refractivity contribution in [1.82, 2.24) is 0 Å². The molecule has 0 unspecified atom stereocenters. The number of furan rings is 1. The molecule has 120 valence electrons. The Balaban J connectivity index is 1.89. The Hall–Kier alpha value is -2.82. The minimum Gasteiger partial charge on any atom is -0.465 e. The highest BCUT2D eigenvalue weighted by Crippen LogP contribution is 2.11. The molecule has 0 atom stereocenters. The highest BCUT2D eigenvalue weighted by Gasteiger charge is 2.08. The summed E-state index contributed by atoms with van der Waals surface area (Å²) in [5, 5.41) is 2.70. The number of carbonyl (C=O) groups is 2. The third-order valence-electron chi connectivity index (χ3n) is 2.88. The second-order valence-corrected chi connectivity index (χ2v) is 5.41. The highest BCUT2D eigenvalue weighted by atomic mass is 16.5. The number of ether oxygens (including phenoxy) is 1. The van der Waals surface area contributed by atoms with Gasteiger partial charge in [-0.15, -0.1) is 0 Å². The van der Waals surface area contributed by atoms with Crippen LogP contribution in [0.2, 0.25) is 0 Å². The lowest BCUT2D eigenvalue weighted by atomic mass is 10.2. The van der Waals surface area contributed by atoms with Crippen LogP contribution in [-0.2, 0) is 9.53 Å². The molecule has 2 aromatic rings. The van der Waals surface area contributed by atoms with Gasteiger partial charge in [-0.3, -0.25) is 4.79 Å². The van der Waals surface area contributed by atoms with Crippen LogP contribution in [0.15, 0.2) is 53.2 Å². The van der Waals surface area contributed by atoms with Crippen molar-refractivity contribution < 1.29 is 18.7 Å². The number of nitrogens with one attached hydrogen (secondary N) is 1. The number of esters is 1. The lowest BCUT2D eigenvalue weighted by Gasteiger charge is -2.08. The van der Waals surface area contributed by atoms with Crippen molar-refractivity contribution in [2.75, 3.05) is 11.9 Å². The van der Waals surface area contributed by atoms with Crippen LogP contribution in [-0.4, -0.2) is 18.5 Å². The van der Waals surface area contributed by atoms with E-state index in [0.29, 0.717) is 29.5 Å². The van der Waals surface area contributed by atoms with Gasteiger partial charge in [-0.1, -0.05) is 13.8 Å². The van der Waals surface area contributed by atoms with Crippen molar-refractivity contribution in [2.24, 2.45) is 5.92 Å². The Morgan fingerprint density at radius 2 is 1.96 bits per heavy atom. The van der Waals surface area contributed by atoms with Crippen LogP contribution in [0.5, 0.6) is 0 Å². The van der Waals surface area contributed by atoms with Gasteiger partial charge in [0.1, 0.15) is 5.76 Å². The molecule has 1 aromatic carbocycles. The fourth-order valence-electron chi connectivity index (χ4n) is 1.74. The average molecular weight is 313 g/mol. The first kappa shape index (κ1) is 16.5. The van der Waals surface area contributed by atoms with Crippen LogP contribution < -0.4 is 5.32 Å². The first-order valence-corrected chi connectivity index (χ1v) is 7.34. The number of carbonyl (C=O) groups excluding carboxylic acids is 2. The fourth-order valence-corrected chi connectivity index (χ4v) is 1.74. The Labute approximate surface area is 134 Å². The minimum atomic E-state index is -0.366. The molecular formula is C18H19NO4. The number of hydrogen-bond acceptors (Lipinski definition) is 4. The smallest absolute Gasteiger partial charge is 0.338 e. The lowest BCUT2D eigenvalue weighted by molar-refractivity contribution is -0.111. The van der Waals surface area contributed by atoms with Gasteiger partial charge in [0.15, 0.2) is 0 Å². The van der Waals surface area contributed by atoms with Crippen LogP contribution in [0.1, 0.15) is 30.0 Å². The van der Waals surface area contributed by atoms with E-state index in [1.165, 1.54) is 12.3 Å². The van der Waals surface area contributed by atoms with E-state index >= 15 is 0 Å². The van der Waals surface area contributed by atoms with E-state index < -0.39 is 0 Å². The standard InChI is InChI=1S/C18H19NO4/c1-13(2)12-23-18(21)14-5-7-15(8-6-14)19-17(20)10-9-16-4-3-11-22-16/h3-11,13H,12H2,1-2H3,(H,19,20)/b10-9+. The predicted molar refractivity (Wildman–Crippen MR) is 87.9 cm³/mol. The van der Waals surface area contributed by atoms with Gasteiger partial charge in [0, 0.05) is 11.8 Å². The molecule has 23 heavy (non-hydrogen) atoms. The zero-order chi connectivity index (χ0) is 16.7. The number of rotatable bonds is 6. The fraction of sp³-hybridized carbons (Fsp3) is 0.222. The van der Waals surface area contributed by atoms with Gasteiger partial charge in [0.05, 0.1) is 18.4 Å². The van der Waals surface area contributed by atoms with E-state index in [9.17, 15) is 9.59 Å². The summed E-state index contributed by atoms with van der Waals surface area (Å²) >= 11 is 0. The molecular weight excluding hydrogens is 294 g/mol. The van der Waals surface area contributed by atoms with Gasteiger partial charge in [0.2, 0.25) is 5.91 Å². The van der Waals surface area contributed by atoms with E-state index in [4.69, 9.17) is 9.15 Å². The average Bonchev–Trinajstić information content (AvgIpc) is 3.05. The molecule has 5 nitrogen and oxygen atoms in total. The van der Waals surface area contributed by atoms with Crippen molar-refractivity contribution in [3.05, 3.63) is 60.1 Å². The predicted octanol–water partition coefficient (Wildman–Crippen LogP) is 3.74. The molecule has 0 aliphatic heterocycles. The summed E-state index contributed by atoms with van der Waals surface area (Å²) in [5.74, 6) is 0.243. The van der Waals surface area contributed by atoms with Crippen LogP contribution in [0, 0.1) is 5.92 Å². The Morgan fingerprint density at radius 1 is 1.22 bits per heavy atom. The molecule has 1 aromatic heterocycles. The normalized spacial score (nSPS) is 10.9. The van der Waals surface area contributed by atoms with E-state index in [1.54, 1.807) is 42.5 Å². The molecule has 5 heteroatoms. The molecule has 1 heterocycles. The molecule has 0 spiro atoms. The molecule has 2 rings (SSSR count). The maximum atomic E-state index is 11.8. The summed E-state index contributed by atoms with van der Waals surface area (Å²) in [6.45, 7) is 4.33. The summed E-state index contributed by atoms with van der Waals surface area (Å²) < 4.78 is 10.2. The van der Waals surface area contributed by atoms with E-state index in [1.807, 2.05) is 13.8 Å². The van der Waals surface area contributed by atoms with Crippen LogP contribution in [0.25, 0.3) is 6.08 Å². The second kappa shape index (κ2) is 7.98. The lowest BCUT2D eigenvalue weighted by Crippen LogP contribution is -2.11. The number of anilines is 1. The molecule has 0 radical (unpaired) electrons. The van der Waals surface area contributed by atoms with Gasteiger partial charge < -0.3 is 14.5 Å². The third-order valence-corrected chi connectivity index (χ3v) is 2.88. The maximum Gasteiger partial charge on any atom is 0.338 e. The minimum absolute atomic E-state index is 0.281. The molecule has 1 N–H and O–H groups in total. The molecule has 1 amide bonds. The topological polar surface area (TPSA) is 68.5 Å². The molecule has 0 fully saturated rings. The van der Waals surface area contributed by atoms with E-state index in [-0.39, 0.29) is 11.9 Å². The first-order valence-electron chi connectivity index (χ1n) is 7.34. The highest BCUT2D eigenvalue weighted by molar-refractivity contribution is 6.02. The summed E-state index contributed by atoms with van der Waals surface area (Å²) in [5.41, 5.74) is 1.05. The summed E-state index contributed by atoms with van der Waals surface area (Å²) in [4.78, 5) is 23.6. The van der Waals surface area contributed by atoms with Gasteiger partial charge >= 0.3 is 5.97 Å². The van der Waals surface area contributed by atoms with Gasteiger partial charge in [-0.2, -0.15) is 0 Å². The van der Waals surface area contributed by atoms with Crippen LogP contribution in [0.3, 0.4) is 0 Å². The zero-order valence-corrected chi connectivity index (χ0v) is 13.1. The summed E-state index contributed by atoms with van der Waals surface area (Å²) in [6, 6.07) is 10.0. The number of benzene rings is 1. The SMILES string of the molecule is CC(C)COC(=O)c1ccc(NC(=O)/C=C/c2ccco2)cc1. The van der Waals surface area contributed by atoms with Crippen molar-refractivity contribution in [2.45, 2.75) is 13.8 Å². The Kier molecular flexibility index (Phi) is 5.74. The van der Waals surface area contributed by atoms with Crippen LogP contribution in [0.4, 0.5) is 5.69 Å². The second-order valence-electron chi connectivity index (χ2n) is 5.41. The third kappa shape index (κ3) is 5.47. The number of hydrogen-bond donors (Lipinski definition) is 1. The largest absolute Gasteiger partial charge is 0.465 e. The quantitative estimate of drug-likeness (QED) is 0.651. The molecule has 0 saturated carbocycles.